The molecule has 6 nitrogen and oxygen atoms in total. The molecule has 7 heteroatoms. The van der Waals surface area contributed by atoms with Crippen molar-refractivity contribution in [3.8, 4) is 17.2 Å². The molecule has 0 bridgehead atoms. The molecule has 150 valence electrons. The standard InChI is InChI=1S/C22H23N3O3S/c23-15-17-5-1-2-6-19(17)20-7-3-4-8-21(20)22(26)25-12-10-24(11-13-25)18-9-14-29(27,28)16-18/h1-8,18H,9-14,16H2. The molecular formula is C22H23N3O3S. The summed E-state index contributed by atoms with van der Waals surface area (Å²) in [5.74, 6) is 0.448. The van der Waals surface area contributed by atoms with Crippen molar-refractivity contribution in [3.63, 3.8) is 0 Å². The maximum absolute atomic E-state index is 13.3. The lowest BCUT2D eigenvalue weighted by molar-refractivity contribution is 0.0588. The smallest absolute Gasteiger partial charge is 0.254 e. The Morgan fingerprint density at radius 2 is 1.62 bits per heavy atom. The third kappa shape index (κ3) is 4.04. The van der Waals surface area contributed by atoms with Crippen LogP contribution in [0.3, 0.4) is 0 Å². The monoisotopic (exact) mass is 409 g/mol. The van der Waals surface area contributed by atoms with Crippen LogP contribution in [0.2, 0.25) is 0 Å². The van der Waals surface area contributed by atoms with E-state index in [2.05, 4.69) is 11.0 Å². The predicted molar refractivity (Wildman–Crippen MR) is 111 cm³/mol. The van der Waals surface area contributed by atoms with E-state index >= 15 is 0 Å². The van der Waals surface area contributed by atoms with Crippen LogP contribution in [-0.2, 0) is 9.84 Å². The van der Waals surface area contributed by atoms with Crippen LogP contribution in [0.15, 0.2) is 48.5 Å². The van der Waals surface area contributed by atoms with Gasteiger partial charge in [0.2, 0.25) is 0 Å². The Balaban J connectivity index is 1.51. The minimum absolute atomic E-state index is 0.0490. The largest absolute Gasteiger partial charge is 0.336 e. The minimum Gasteiger partial charge on any atom is -0.336 e. The number of rotatable bonds is 3. The molecule has 4 rings (SSSR count). The zero-order valence-electron chi connectivity index (χ0n) is 16.1. The first-order valence-electron chi connectivity index (χ1n) is 9.81. The Hall–Kier alpha value is -2.69. The fourth-order valence-electron chi connectivity index (χ4n) is 4.24. The summed E-state index contributed by atoms with van der Waals surface area (Å²) >= 11 is 0. The van der Waals surface area contributed by atoms with Crippen LogP contribution in [0, 0.1) is 11.3 Å². The van der Waals surface area contributed by atoms with E-state index in [9.17, 15) is 18.5 Å². The lowest BCUT2D eigenvalue weighted by atomic mass is 9.95. The fraction of sp³-hybridized carbons (Fsp3) is 0.364. The molecule has 0 aliphatic carbocycles. The molecule has 0 saturated carbocycles. The van der Waals surface area contributed by atoms with Crippen LogP contribution < -0.4 is 0 Å². The van der Waals surface area contributed by atoms with Crippen molar-refractivity contribution in [1.29, 1.82) is 5.26 Å². The topological polar surface area (TPSA) is 81.5 Å². The number of sulfone groups is 1. The van der Waals surface area contributed by atoms with Crippen LogP contribution in [0.5, 0.6) is 0 Å². The quantitative estimate of drug-likeness (QED) is 0.776. The number of carbonyl (C=O) groups is 1. The summed E-state index contributed by atoms with van der Waals surface area (Å²) in [4.78, 5) is 17.3. The van der Waals surface area contributed by atoms with Crippen LogP contribution in [0.4, 0.5) is 0 Å². The van der Waals surface area contributed by atoms with Gasteiger partial charge in [-0.1, -0.05) is 36.4 Å². The molecule has 1 amide bonds. The molecule has 2 aliphatic heterocycles. The number of piperazine rings is 1. The molecular weight excluding hydrogens is 386 g/mol. The summed E-state index contributed by atoms with van der Waals surface area (Å²) in [6.45, 7) is 2.51. The second-order valence-corrected chi connectivity index (χ2v) is 9.82. The van der Waals surface area contributed by atoms with E-state index in [-0.39, 0.29) is 23.5 Å². The molecule has 2 saturated heterocycles. The van der Waals surface area contributed by atoms with E-state index in [0.29, 0.717) is 43.7 Å². The van der Waals surface area contributed by atoms with Gasteiger partial charge in [0, 0.05) is 43.3 Å². The maximum atomic E-state index is 13.3. The Labute approximate surface area is 171 Å². The number of nitrogens with zero attached hydrogens (tertiary/aromatic N) is 3. The van der Waals surface area contributed by atoms with Gasteiger partial charge >= 0.3 is 0 Å². The van der Waals surface area contributed by atoms with Crippen molar-refractivity contribution in [3.05, 3.63) is 59.7 Å². The van der Waals surface area contributed by atoms with E-state index in [4.69, 9.17) is 0 Å². The van der Waals surface area contributed by atoms with Crippen molar-refractivity contribution in [1.82, 2.24) is 9.80 Å². The molecule has 1 atom stereocenters. The van der Waals surface area contributed by atoms with Crippen molar-refractivity contribution < 1.29 is 13.2 Å². The first-order chi connectivity index (χ1) is 14.0. The van der Waals surface area contributed by atoms with E-state index in [0.717, 1.165) is 11.1 Å². The number of hydrogen-bond acceptors (Lipinski definition) is 5. The highest BCUT2D eigenvalue weighted by atomic mass is 32.2. The third-order valence-corrected chi connectivity index (χ3v) is 7.57. The van der Waals surface area contributed by atoms with Crippen molar-refractivity contribution in [2.24, 2.45) is 0 Å². The highest BCUT2D eigenvalue weighted by Gasteiger charge is 2.34. The second kappa shape index (κ2) is 7.97. The lowest BCUT2D eigenvalue weighted by Gasteiger charge is -2.37. The van der Waals surface area contributed by atoms with Gasteiger partial charge in [-0.25, -0.2) is 8.42 Å². The van der Waals surface area contributed by atoms with E-state index in [1.54, 1.807) is 6.07 Å². The number of hydrogen-bond donors (Lipinski definition) is 0. The van der Waals surface area contributed by atoms with Gasteiger partial charge in [-0.3, -0.25) is 9.69 Å². The van der Waals surface area contributed by atoms with E-state index in [1.807, 2.05) is 47.4 Å². The number of nitriles is 1. The minimum atomic E-state index is -2.91. The highest BCUT2D eigenvalue weighted by Crippen LogP contribution is 2.28. The van der Waals surface area contributed by atoms with Gasteiger partial charge < -0.3 is 4.90 Å². The molecule has 0 radical (unpaired) electrons. The van der Waals surface area contributed by atoms with Gasteiger partial charge in [0.15, 0.2) is 9.84 Å². The Morgan fingerprint density at radius 3 is 2.28 bits per heavy atom. The first kappa shape index (κ1) is 19.6. The average molecular weight is 410 g/mol. The fourth-order valence-corrected chi connectivity index (χ4v) is 6.01. The summed E-state index contributed by atoms with van der Waals surface area (Å²) in [7, 11) is -2.91. The van der Waals surface area contributed by atoms with Crippen molar-refractivity contribution in [2.45, 2.75) is 12.5 Å². The summed E-state index contributed by atoms with van der Waals surface area (Å²) in [6.07, 6.45) is 0.685. The first-order valence-corrected chi connectivity index (χ1v) is 11.6. The van der Waals surface area contributed by atoms with Crippen LogP contribution >= 0.6 is 0 Å². The van der Waals surface area contributed by atoms with Gasteiger partial charge in [-0.15, -0.1) is 0 Å². The van der Waals surface area contributed by atoms with E-state index in [1.165, 1.54) is 0 Å². The van der Waals surface area contributed by atoms with Crippen molar-refractivity contribution in [2.75, 3.05) is 37.7 Å². The van der Waals surface area contributed by atoms with E-state index < -0.39 is 9.84 Å². The van der Waals surface area contributed by atoms with Gasteiger partial charge in [0.05, 0.1) is 23.1 Å². The summed E-state index contributed by atoms with van der Waals surface area (Å²) < 4.78 is 23.5. The SMILES string of the molecule is N#Cc1ccccc1-c1ccccc1C(=O)N1CCN(C2CCS(=O)(=O)C2)CC1. The Kier molecular flexibility index (Phi) is 5.39. The maximum Gasteiger partial charge on any atom is 0.254 e. The zero-order chi connectivity index (χ0) is 20.4. The van der Waals surface area contributed by atoms with Crippen molar-refractivity contribution >= 4 is 15.7 Å². The molecule has 2 aromatic rings. The van der Waals surface area contributed by atoms with Crippen LogP contribution in [0.1, 0.15) is 22.3 Å². The summed E-state index contributed by atoms with van der Waals surface area (Å²) in [5, 5.41) is 9.43. The van der Waals surface area contributed by atoms with Crippen LogP contribution in [-0.4, -0.2) is 67.9 Å². The molecule has 2 aromatic carbocycles. The summed E-state index contributed by atoms with van der Waals surface area (Å²) in [6, 6.07) is 17.0. The molecule has 2 heterocycles. The summed E-state index contributed by atoms with van der Waals surface area (Å²) in [5.41, 5.74) is 2.65. The molecule has 1 unspecified atom stereocenters. The molecule has 0 N–H and O–H groups in total. The van der Waals surface area contributed by atoms with Gasteiger partial charge in [0.1, 0.15) is 0 Å². The third-order valence-electron chi connectivity index (χ3n) is 5.82. The molecule has 0 spiro atoms. The molecule has 2 aliphatic rings. The number of amides is 1. The zero-order valence-corrected chi connectivity index (χ0v) is 16.9. The number of benzene rings is 2. The van der Waals surface area contributed by atoms with Crippen LogP contribution in [0.25, 0.3) is 11.1 Å². The Bertz CT molecular complexity index is 1070. The second-order valence-electron chi connectivity index (χ2n) is 7.59. The predicted octanol–water partition coefficient (Wildman–Crippen LogP) is 2.17. The lowest BCUT2D eigenvalue weighted by Crippen LogP contribution is -2.52. The normalized spacial score (nSPS) is 21.6. The molecule has 29 heavy (non-hydrogen) atoms. The molecule has 0 aromatic heterocycles. The number of carbonyl (C=O) groups excluding carboxylic acids is 1. The van der Waals surface area contributed by atoms with Gasteiger partial charge in [0.25, 0.3) is 5.91 Å². The molecule has 2 fully saturated rings. The average Bonchev–Trinajstić information content (AvgIpc) is 3.13. The Morgan fingerprint density at radius 1 is 0.966 bits per heavy atom. The van der Waals surface area contributed by atoms with Gasteiger partial charge in [-0.05, 0) is 24.1 Å². The van der Waals surface area contributed by atoms with Gasteiger partial charge in [-0.2, -0.15) is 5.26 Å². The highest BCUT2D eigenvalue weighted by molar-refractivity contribution is 7.91.